The smallest absolute Gasteiger partial charge is 0.271 e. The van der Waals surface area contributed by atoms with Crippen LogP contribution in [0, 0.1) is 11.6 Å². The Hall–Kier alpha value is -3.13. The zero-order valence-corrected chi connectivity index (χ0v) is 15.0. The Morgan fingerprint density at radius 2 is 1.70 bits per heavy atom. The first kappa shape index (κ1) is 18.7. The van der Waals surface area contributed by atoms with Gasteiger partial charge < -0.3 is 5.32 Å². The van der Waals surface area contributed by atoms with Gasteiger partial charge in [0.05, 0.1) is 6.04 Å². The highest BCUT2D eigenvalue weighted by Gasteiger charge is 2.16. The Bertz CT molecular complexity index is 956. The molecule has 0 fully saturated rings. The molecule has 27 heavy (non-hydrogen) atoms. The zero-order chi connectivity index (χ0) is 19.4. The van der Waals surface area contributed by atoms with Gasteiger partial charge in [-0.2, -0.15) is 0 Å². The number of rotatable bonds is 5. The fourth-order valence-corrected chi connectivity index (χ4v) is 3.07. The van der Waals surface area contributed by atoms with E-state index in [1.807, 2.05) is 37.3 Å². The summed E-state index contributed by atoms with van der Waals surface area (Å²) in [6.07, 6.45) is 0. The fourth-order valence-electron chi connectivity index (χ4n) is 2.39. The molecule has 0 saturated carbocycles. The summed E-state index contributed by atoms with van der Waals surface area (Å²) in [5.74, 6) is -2.81. The highest BCUT2D eigenvalue weighted by Crippen LogP contribution is 2.19. The van der Waals surface area contributed by atoms with E-state index in [1.165, 1.54) is 5.38 Å². The molecule has 0 aliphatic rings. The summed E-state index contributed by atoms with van der Waals surface area (Å²) in [5.41, 5.74) is 0.914. The van der Waals surface area contributed by atoms with Crippen molar-refractivity contribution < 1.29 is 18.4 Å². The Balaban J connectivity index is 1.65. The van der Waals surface area contributed by atoms with Crippen molar-refractivity contribution >= 4 is 28.3 Å². The molecule has 3 rings (SSSR count). The van der Waals surface area contributed by atoms with Crippen molar-refractivity contribution in [3.05, 3.63) is 82.4 Å². The number of thiazole rings is 1. The van der Waals surface area contributed by atoms with Gasteiger partial charge in [-0.05, 0) is 24.6 Å². The predicted octanol–water partition coefficient (Wildman–Crippen LogP) is 4.16. The molecule has 1 aromatic heterocycles. The summed E-state index contributed by atoms with van der Waals surface area (Å²) in [6.45, 7) is 1.85. The van der Waals surface area contributed by atoms with Crippen LogP contribution in [0.3, 0.4) is 0 Å². The number of hydrogen-bond acceptors (Lipinski definition) is 4. The number of halogens is 2. The van der Waals surface area contributed by atoms with Crippen LogP contribution in [0.1, 0.15) is 39.4 Å². The molecule has 3 aromatic rings. The van der Waals surface area contributed by atoms with E-state index in [4.69, 9.17) is 0 Å². The summed E-state index contributed by atoms with van der Waals surface area (Å²) in [5, 5.41) is 6.90. The van der Waals surface area contributed by atoms with E-state index in [0.29, 0.717) is 6.07 Å². The number of amides is 2. The third kappa shape index (κ3) is 4.73. The lowest BCUT2D eigenvalue weighted by atomic mass is 10.1. The minimum Gasteiger partial charge on any atom is -0.344 e. The molecule has 138 valence electrons. The molecule has 8 heteroatoms. The Morgan fingerprint density at radius 1 is 1.04 bits per heavy atom. The summed E-state index contributed by atoms with van der Waals surface area (Å²) in [4.78, 5) is 28.4. The molecule has 1 unspecified atom stereocenters. The lowest BCUT2D eigenvalue weighted by Gasteiger charge is -2.13. The number of carbonyl (C=O) groups is 2. The second-order valence-electron chi connectivity index (χ2n) is 5.76. The highest BCUT2D eigenvalue weighted by atomic mass is 32.1. The maximum atomic E-state index is 13.2. The van der Waals surface area contributed by atoms with Crippen molar-refractivity contribution in [3.63, 3.8) is 0 Å². The molecular weight excluding hydrogens is 372 g/mol. The standard InChI is InChI=1S/C19H15F2N3O2S/c1-11(12-5-3-2-4-6-12)22-18(26)16-10-27-19(23-16)24-17(25)13-7-14(20)9-15(21)8-13/h2-11H,1H3,(H,22,26)(H,23,24,25). The Morgan fingerprint density at radius 3 is 2.37 bits per heavy atom. The van der Waals surface area contributed by atoms with Crippen molar-refractivity contribution in [1.82, 2.24) is 10.3 Å². The van der Waals surface area contributed by atoms with Crippen molar-refractivity contribution in [2.75, 3.05) is 5.32 Å². The minimum absolute atomic E-state index is 0.142. The van der Waals surface area contributed by atoms with Crippen molar-refractivity contribution in [2.45, 2.75) is 13.0 Å². The molecule has 0 radical (unpaired) electrons. The van der Waals surface area contributed by atoms with E-state index < -0.39 is 17.5 Å². The Kier molecular flexibility index (Phi) is 5.56. The number of aromatic nitrogens is 1. The highest BCUT2D eigenvalue weighted by molar-refractivity contribution is 7.14. The van der Waals surface area contributed by atoms with Crippen LogP contribution in [0.15, 0.2) is 53.9 Å². The van der Waals surface area contributed by atoms with Gasteiger partial charge in [-0.3, -0.25) is 14.9 Å². The number of nitrogens with one attached hydrogen (secondary N) is 2. The average molecular weight is 387 g/mol. The molecule has 2 N–H and O–H groups in total. The first-order valence-electron chi connectivity index (χ1n) is 8.01. The SMILES string of the molecule is CC(NC(=O)c1csc(NC(=O)c2cc(F)cc(F)c2)n1)c1ccccc1. The average Bonchev–Trinajstić information content (AvgIpc) is 3.10. The Labute approximate surface area is 158 Å². The number of carbonyl (C=O) groups excluding carboxylic acids is 2. The van der Waals surface area contributed by atoms with Gasteiger partial charge in [0.2, 0.25) is 0 Å². The lowest BCUT2D eigenvalue weighted by Crippen LogP contribution is -2.27. The fraction of sp³-hybridized carbons (Fsp3) is 0.105. The molecular formula is C19H15F2N3O2S. The first-order valence-corrected chi connectivity index (χ1v) is 8.89. The number of hydrogen-bond donors (Lipinski definition) is 2. The molecule has 0 saturated heterocycles. The van der Waals surface area contributed by atoms with Crippen LogP contribution in [-0.4, -0.2) is 16.8 Å². The lowest BCUT2D eigenvalue weighted by molar-refractivity contribution is 0.0934. The van der Waals surface area contributed by atoms with Gasteiger partial charge in [-0.15, -0.1) is 11.3 Å². The van der Waals surface area contributed by atoms with Crippen LogP contribution in [0.5, 0.6) is 0 Å². The van der Waals surface area contributed by atoms with E-state index in [9.17, 15) is 18.4 Å². The second kappa shape index (κ2) is 8.05. The minimum atomic E-state index is -0.853. The van der Waals surface area contributed by atoms with Crippen molar-refractivity contribution in [2.24, 2.45) is 0 Å². The number of nitrogens with zero attached hydrogens (tertiary/aromatic N) is 1. The maximum Gasteiger partial charge on any atom is 0.271 e. The van der Waals surface area contributed by atoms with Crippen LogP contribution in [0.4, 0.5) is 13.9 Å². The van der Waals surface area contributed by atoms with Gasteiger partial charge in [0.1, 0.15) is 17.3 Å². The summed E-state index contributed by atoms with van der Waals surface area (Å²) in [7, 11) is 0. The molecule has 0 aliphatic heterocycles. The first-order chi connectivity index (χ1) is 12.9. The van der Waals surface area contributed by atoms with Crippen LogP contribution in [0.25, 0.3) is 0 Å². The normalized spacial score (nSPS) is 11.7. The molecule has 0 aliphatic carbocycles. The monoisotopic (exact) mass is 387 g/mol. The van der Waals surface area contributed by atoms with Crippen LogP contribution in [0.2, 0.25) is 0 Å². The third-order valence-electron chi connectivity index (χ3n) is 3.73. The van der Waals surface area contributed by atoms with Crippen molar-refractivity contribution in [3.8, 4) is 0 Å². The molecule has 1 atom stereocenters. The number of benzene rings is 2. The van der Waals surface area contributed by atoms with Gasteiger partial charge in [-0.1, -0.05) is 30.3 Å². The van der Waals surface area contributed by atoms with Crippen LogP contribution in [-0.2, 0) is 0 Å². The van der Waals surface area contributed by atoms with E-state index >= 15 is 0 Å². The molecule has 5 nitrogen and oxygen atoms in total. The van der Waals surface area contributed by atoms with Crippen molar-refractivity contribution in [1.29, 1.82) is 0 Å². The summed E-state index contributed by atoms with van der Waals surface area (Å²) in [6, 6.07) is 11.7. The van der Waals surface area contributed by atoms with Gasteiger partial charge in [0.15, 0.2) is 5.13 Å². The van der Waals surface area contributed by atoms with Gasteiger partial charge >= 0.3 is 0 Å². The van der Waals surface area contributed by atoms with E-state index in [0.717, 1.165) is 29.0 Å². The van der Waals surface area contributed by atoms with Crippen LogP contribution >= 0.6 is 11.3 Å². The largest absolute Gasteiger partial charge is 0.344 e. The molecule has 0 spiro atoms. The second-order valence-corrected chi connectivity index (χ2v) is 6.61. The summed E-state index contributed by atoms with van der Waals surface area (Å²) < 4.78 is 26.4. The van der Waals surface area contributed by atoms with Crippen LogP contribution < -0.4 is 10.6 Å². The maximum absolute atomic E-state index is 13.2. The van der Waals surface area contributed by atoms with Gasteiger partial charge in [0.25, 0.3) is 11.8 Å². The molecule has 2 amide bonds. The van der Waals surface area contributed by atoms with Gasteiger partial charge in [0, 0.05) is 17.0 Å². The molecule has 1 heterocycles. The van der Waals surface area contributed by atoms with Gasteiger partial charge in [-0.25, -0.2) is 13.8 Å². The molecule has 2 aromatic carbocycles. The predicted molar refractivity (Wildman–Crippen MR) is 98.7 cm³/mol. The van der Waals surface area contributed by atoms with E-state index in [1.54, 1.807) is 0 Å². The molecule has 0 bridgehead atoms. The van der Waals surface area contributed by atoms with E-state index in [2.05, 4.69) is 15.6 Å². The zero-order valence-electron chi connectivity index (χ0n) is 14.2. The van der Waals surface area contributed by atoms with E-state index in [-0.39, 0.29) is 28.3 Å². The third-order valence-corrected chi connectivity index (χ3v) is 4.49. The quantitative estimate of drug-likeness (QED) is 0.690. The number of anilines is 1. The topological polar surface area (TPSA) is 71.1 Å². The summed E-state index contributed by atoms with van der Waals surface area (Å²) >= 11 is 1.04.